The van der Waals surface area contributed by atoms with Crippen LogP contribution in [0.5, 0.6) is 0 Å². The molecule has 0 spiro atoms. The molecule has 0 atom stereocenters. The summed E-state index contributed by atoms with van der Waals surface area (Å²) in [6, 6.07) is 15.4. The molecule has 116 valence electrons. The second kappa shape index (κ2) is 6.13. The van der Waals surface area contributed by atoms with E-state index in [0.717, 1.165) is 16.7 Å². The molecule has 0 radical (unpaired) electrons. The maximum absolute atomic E-state index is 14.5. The summed E-state index contributed by atoms with van der Waals surface area (Å²) < 4.78 is 28.4. The Morgan fingerprint density at radius 1 is 0.696 bits per heavy atom. The van der Waals surface area contributed by atoms with Gasteiger partial charge in [0.1, 0.15) is 11.6 Å². The van der Waals surface area contributed by atoms with Gasteiger partial charge >= 0.3 is 0 Å². The summed E-state index contributed by atoms with van der Waals surface area (Å²) in [6.07, 6.45) is 0. The van der Waals surface area contributed by atoms with Crippen LogP contribution >= 0.6 is 11.6 Å². The molecule has 0 nitrogen and oxygen atoms in total. The second-order valence-corrected chi connectivity index (χ2v) is 6.04. The molecule has 23 heavy (non-hydrogen) atoms. The van der Waals surface area contributed by atoms with Crippen LogP contribution in [0.2, 0.25) is 5.02 Å². The Morgan fingerprint density at radius 3 is 1.91 bits per heavy atom. The van der Waals surface area contributed by atoms with Gasteiger partial charge in [-0.25, -0.2) is 8.78 Å². The minimum atomic E-state index is -0.375. The number of aryl methyl sites for hydroxylation is 1. The first-order valence-electron chi connectivity index (χ1n) is 7.28. The van der Waals surface area contributed by atoms with Gasteiger partial charge in [0, 0.05) is 10.6 Å². The van der Waals surface area contributed by atoms with Crippen molar-refractivity contribution in [2.75, 3.05) is 0 Å². The summed E-state index contributed by atoms with van der Waals surface area (Å²) >= 11 is 5.87. The van der Waals surface area contributed by atoms with E-state index in [1.165, 1.54) is 12.1 Å². The van der Waals surface area contributed by atoms with Crippen LogP contribution in [0.25, 0.3) is 22.3 Å². The van der Waals surface area contributed by atoms with Gasteiger partial charge in [0.25, 0.3) is 0 Å². The minimum absolute atomic E-state index is 0.318. The topological polar surface area (TPSA) is 0 Å². The van der Waals surface area contributed by atoms with Crippen LogP contribution in [0.3, 0.4) is 0 Å². The molecule has 0 aromatic heterocycles. The van der Waals surface area contributed by atoms with E-state index in [2.05, 4.69) is 0 Å². The highest BCUT2D eigenvalue weighted by Gasteiger charge is 2.11. The van der Waals surface area contributed by atoms with E-state index >= 15 is 0 Å². The fraction of sp³-hybridized carbons (Fsp3) is 0.100. The summed E-state index contributed by atoms with van der Waals surface area (Å²) in [5.41, 5.74) is 3.97. The molecule has 0 fully saturated rings. The van der Waals surface area contributed by atoms with Crippen LogP contribution in [0, 0.1) is 25.5 Å². The highest BCUT2D eigenvalue weighted by Crippen LogP contribution is 2.30. The summed E-state index contributed by atoms with van der Waals surface area (Å²) in [5.74, 6) is -0.693. The number of rotatable bonds is 2. The molecule has 0 saturated heterocycles. The van der Waals surface area contributed by atoms with Gasteiger partial charge in [-0.1, -0.05) is 41.9 Å². The van der Waals surface area contributed by atoms with E-state index in [1.807, 2.05) is 25.1 Å². The number of hydrogen-bond acceptors (Lipinski definition) is 0. The van der Waals surface area contributed by atoms with Gasteiger partial charge in [0.15, 0.2) is 0 Å². The van der Waals surface area contributed by atoms with E-state index in [0.29, 0.717) is 21.7 Å². The molecule has 0 heterocycles. The molecule has 0 aliphatic carbocycles. The zero-order valence-corrected chi connectivity index (χ0v) is 13.6. The summed E-state index contributed by atoms with van der Waals surface area (Å²) in [7, 11) is 0. The second-order valence-electron chi connectivity index (χ2n) is 5.60. The van der Waals surface area contributed by atoms with Gasteiger partial charge in [-0.05, 0) is 65.9 Å². The molecule has 3 heteroatoms. The van der Waals surface area contributed by atoms with Crippen molar-refractivity contribution in [1.82, 2.24) is 0 Å². The SMILES string of the molecule is Cc1cc(-c2ccc(-c3ccc(Cl)cc3)cc2F)cc(F)c1C. The maximum Gasteiger partial charge on any atom is 0.131 e. The predicted molar refractivity (Wildman–Crippen MR) is 91.7 cm³/mol. The lowest BCUT2D eigenvalue weighted by Crippen LogP contribution is -1.92. The molecule has 0 bridgehead atoms. The minimum Gasteiger partial charge on any atom is -0.207 e. The van der Waals surface area contributed by atoms with Gasteiger partial charge in [-0.15, -0.1) is 0 Å². The monoisotopic (exact) mass is 328 g/mol. The molecule has 3 aromatic carbocycles. The first-order chi connectivity index (χ1) is 11.0. The number of halogens is 3. The largest absolute Gasteiger partial charge is 0.207 e. The average Bonchev–Trinajstić information content (AvgIpc) is 2.53. The van der Waals surface area contributed by atoms with E-state index in [9.17, 15) is 8.78 Å². The third-order valence-corrected chi connectivity index (χ3v) is 4.31. The van der Waals surface area contributed by atoms with Crippen LogP contribution in [-0.2, 0) is 0 Å². The van der Waals surface area contributed by atoms with Crippen molar-refractivity contribution in [3.63, 3.8) is 0 Å². The Labute approximate surface area is 139 Å². The molecule has 3 rings (SSSR count). The Balaban J connectivity index is 2.04. The van der Waals surface area contributed by atoms with Crippen molar-refractivity contribution in [2.24, 2.45) is 0 Å². The summed E-state index contributed by atoms with van der Waals surface area (Å²) in [4.78, 5) is 0. The van der Waals surface area contributed by atoms with Crippen molar-refractivity contribution in [3.8, 4) is 22.3 Å². The lowest BCUT2D eigenvalue weighted by atomic mass is 9.97. The van der Waals surface area contributed by atoms with Crippen molar-refractivity contribution < 1.29 is 8.78 Å². The highest BCUT2D eigenvalue weighted by molar-refractivity contribution is 6.30. The van der Waals surface area contributed by atoms with E-state index in [1.54, 1.807) is 31.2 Å². The first-order valence-corrected chi connectivity index (χ1v) is 7.66. The van der Waals surface area contributed by atoms with Crippen LogP contribution in [-0.4, -0.2) is 0 Å². The van der Waals surface area contributed by atoms with Crippen LogP contribution in [0.1, 0.15) is 11.1 Å². The molecule has 0 saturated carbocycles. The summed E-state index contributed by atoms with van der Waals surface area (Å²) in [6.45, 7) is 3.54. The van der Waals surface area contributed by atoms with E-state index in [-0.39, 0.29) is 11.6 Å². The van der Waals surface area contributed by atoms with Crippen LogP contribution < -0.4 is 0 Å². The van der Waals surface area contributed by atoms with Crippen molar-refractivity contribution in [1.29, 1.82) is 0 Å². The van der Waals surface area contributed by atoms with Gasteiger partial charge in [0.2, 0.25) is 0 Å². The third-order valence-electron chi connectivity index (χ3n) is 4.06. The third kappa shape index (κ3) is 3.13. The molecule has 3 aromatic rings. The maximum atomic E-state index is 14.5. The first kappa shape index (κ1) is 15.7. The van der Waals surface area contributed by atoms with Crippen LogP contribution in [0.4, 0.5) is 8.78 Å². The van der Waals surface area contributed by atoms with Gasteiger partial charge in [-0.3, -0.25) is 0 Å². The summed E-state index contributed by atoms with van der Waals surface area (Å²) in [5, 5.41) is 0.636. The standard InChI is InChI=1S/C20H15ClF2/c1-12-9-16(11-19(22)13(12)2)18-8-5-15(10-20(18)23)14-3-6-17(21)7-4-14/h3-11H,1-2H3. The van der Waals surface area contributed by atoms with Crippen molar-refractivity contribution in [2.45, 2.75) is 13.8 Å². The molecular formula is C20H15ClF2. The molecule has 0 aliphatic rings. The van der Waals surface area contributed by atoms with Gasteiger partial charge in [-0.2, -0.15) is 0 Å². The van der Waals surface area contributed by atoms with E-state index in [4.69, 9.17) is 11.6 Å². The Kier molecular flexibility index (Phi) is 4.18. The normalized spacial score (nSPS) is 10.8. The predicted octanol–water partition coefficient (Wildman–Crippen LogP) is 6.57. The van der Waals surface area contributed by atoms with Crippen LogP contribution in [0.15, 0.2) is 54.6 Å². The molecular weight excluding hydrogens is 314 g/mol. The lowest BCUT2D eigenvalue weighted by Gasteiger charge is -2.10. The van der Waals surface area contributed by atoms with E-state index < -0.39 is 0 Å². The number of benzene rings is 3. The Hall–Kier alpha value is -2.19. The smallest absolute Gasteiger partial charge is 0.131 e. The highest BCUT2D eigenvalue weighted by atomic mass is 35.5. The fourth-order valence-corrected chi connectivity index (χ4v) is 2.67. The van der Waals surface area contributed by atoms with Crippen molar-refractivity contribution in [3.05, 3.63) is 82.4 Å². The molecule has 0 N–H and O–H groups in total. The number of hydrogen-bond donors (Lipinski definition) is 0. The quantitative estimate of drug-likeness (QED) is 0.499. The average molecular weight is 329 g/mol. The Bertz CT molecular complexity index is 844. The lowest BCUT2D eigenvalue weighted by molar-refractivity contribution is 0.616. The Morgan fingerprint density at radius 2 is 1.30 bits per heavy atom. The van der Waals surface area contributed by atoms with Gasteiger partial charge < -0.3 is 0 Å². The fourth-order valence-electron chi connectivity index (χ4n) is 2.54. The zero-order chi connectivity index (χ0) is 16.6. The molecule has 0 unspecified atom stereocenters. The molecule has 0 aliphatic heterocycles. The van der Waals surface area contributed by atoms with Crippen molar-refractivity contribution >= 4 is 11.6 Å². The molecule has 0 amide bonds. The zero-order valence-electron chi connectivity index (χ0n) is 12.8. The van der Waals surface area contributed by atoms with Gasteiger partial charge in [0.05, 0.1) is 0 Å².